The molecule has 0 aliphatic carbocycles. The van der Waals surface area contributed by atoms with E-state index in [4.69, 9.17) is 4.74 Å². The molecule has 3 aromatic rings. The molecule has 224 valence electrons. The van der Waals surface area contributed by atoms with Gasteiger partial charge in [-0.05, 0) is 72.1 Å². The number of likely N-dealkylation sites (tertiary alicyclic amines) is 1. The van der Waals surface area contributed by atoms with E-state index in [1.54, 1.807) is 12.3 Å². The van der Waals surface area contributed by atoms with Crippen LogP contribution in [0.15, 0.2) is 65.6 Å². The Morgan fingerprint density at radius 1 is 1.05 bits per heavy atom. The number of alkyl halides is 1. The molecule has 42 heavy (non-hydrogen) atoms. The number of methoxy groups -OCH3 is 1. The maximum atomic E-state index is 13.9. The number of rotatable bonds is 12. The lowest BCUT2D eigenvalue weighted by molar-refractivity contribution is -0.141. The monoisotopic (exact) mass is 575 g/mol. The highest BCUT2D eigenvalue weighted by atomic mass is 19.1. The van der Waals surface area contributed by atoms with E-state index in [0.717, 1.165) is 33.4 Å². The number of hydrogen-bond donors (Lipinski definition) is 1. The van der Waals surface area contributed by atoms with Crippen LogP contribution in [0.25, 0.3) is 11.1 Å². The van der Waals surface area contributed by atoms with E-state index in [-0.39, 0.29) is 23.8 Å². The van der Waals surface area contributed by atoms with Crippen LogP contribution in [-0.2, 0) is 20.7 Å². The van der Waals surface area contributed by atoms with E-state index in [0.29, 0.717) is 32.5 Å². The van der Waals surface area contributed by atoms with Crippen molar-refractivity contribution in [2.45, 2.75) is 65.2 Å². The molecule has 0 spiro atoms. The molecule has 1 aliphatic rings. The molecule has 1 saturated heterocycles. The molecule has 0 radical (unpaired) electrons. The van der Waals surface area contributed by atoms with Crippen LogP contribution in [0, 0.1) is 19.8 Å². The molecule has 2 heterocycles. The smallest absolute Gasteiger partial charge is 0.307 e. The summed E-state index contributed by atoms with van der Waals surface area (Å²) in [7, 11) is 1.33. The molecule has 1 aromatic heterocycles. The van der Waals surface area contributed by atoms with Gasteiger partial charge in [0.25, 0.3) is 5.56 Å². The summed E-state index contributed by atoms with van der Waals surface area (Å²) in [5, 5.41) is 3.08. The van der Waals surface area contributed by atoms with Gasteiger partial charge in [-0.15, -0.1) is 0 Å². The summed E-state index contributed by atoms with van der Waals surface area (Å²) in [5.74, 6) is -0.651. The first kappa shape index (κ1) is 31.2. The molecule has 2 unspecified atom stereocenters. The second-order valence-electron chi connectivity index (χ2n) is 11.8. The zero-order chi connectivity index (χ0) is 30.4. The molecule has 1 fully saturated rings. The first-order valence-corrected chi connectivity index (χ1v) is 14.7. The lowest BCUT2D eigenvalue weighted by Crippen LogP contribution is -2.49. The maximum Gasteiger partial charge on any atom is 0.307 e. The van der Waals surface area contributed by atoms with Gasteiger partial charge in [0.2, 0.25) is 5.91 Å². The number of carbonyl (C=O) groups excluding carboxylic acids is 2. The standard InChI is InChI=1S/C34H42FN3O4/c1-22(2)16-30(38-19-25(12-13-31(38)39)14-15-37-20-28(35)21-37)34(41)36-29(18-32(40)42-5)26-10-7-11-27(17-26)33-23(3)8-6-9-24(33)4/h6-13,17,19,22,28-30H,14-16,18,20-21H2,1-5H3,(H,36,41). The SMILES string of the molecule is COC(=O)CC(NC(=O)C(CC(C)C)n1cc(CCN2CC(F)C2)ccc1=O)c1cccc(-c2c(C)cccc2C)c1. The van der Waals surface area contributed by atoms with E-state index >= 15 is 0 Å². The number of carbonyl (C=O) groups is 2. The van der Waals surface area contributed by atoms with Crippen molar-refractivity contribution in [2.24, 2.45) is 5.92 Å². The summed E-state index contributed by atoms with van der Waals surface area (Å²) < 4.78 is 19.7. The van der Waals surface area contributed by atoms with Gasteiger partial charge in [0.15, 0.2) is 0 Å². The molecule has 4 rings (SSSR count). The topological polar surface area (TPSA) is 80.6 Å². The number of halogens is 1. The van der Waals surface area contributed by atoms with E-state index in [1.165, 1.54) is 17.7 Å². The van der Waals surface area contributed by atoms with Crippen molar-refractivity contribution < 1.29 is 18.7 Å². The average Bonchev–Trinajstić information content (AvgIpc) is 2.93. The minimum absolute atomic E-state index is 0.0484. The van der Waals surface area contributed by atoms with Crippen LogP contribution in [0.5, 0.6) is 0 Å². The van der Waals surface area contributed by atoms with Crippen molar-refractivity contribution in [2.75, 3.05) is 26.7 Å². The first-order valence-electron chi connectivity index (χ1n) is 14.7. The number of benzene rings is 2. The summed E-state index contributed by atoms with van der Waals surface area (Å²) in [6.45, 7) is 9.70. The molecule has 1 aliphatic heterocycles. The van der Waals surface area contributed by atoms with E-state index in [1.807, 2.05) is 49.1 Å². The van der Waals surface area contributed by atoms with Crippen LogP contribution in [-0.4, -0.2) is 54.3 Å². The minimum Gasteiger partial charge on any atom is -0.469 e. The van der Waals surface area contributed by atoms with E-state index < -0.39 is 24.2 Å². The minimum atomic E-state index is -0.766. The molecule has 0 bridgehead atoms. The molecular weight excluding hydrogens is 533 g/mol. The molecule has 1 amide bonds. The lowest BCUT2D eigenvalue weighted by Gasteiger charge is -2.34. The number of aromatic nitrogens is 1. The number of pyridine rings is 1. The largest absolute Gasteiger partial charge is 0.469 e. The van der Waals surface area contributed by atoms with Crippen LogP contribution in [0.1, 0.15) is 61.0 Å². The highest BCUT2D eigenvalue weighted by Gasteiger charge is 2.28. The summed E-state index contributed by atoms with van der Waals surface area (Å²) in [4.78, 5) is 41.5. The van der Waals surface area contributed by atoms with Crippen LogP contribution in [0.2, 0.25) is 0 Å². The number of nitrogens with one attached hydrogen (secondary N) is 1. The molecule has 8 heteroatoms. The van der Waals surface area contributed by atoms with Gasteiger partial charge in [-0.1, -0.05) is 56.3 Å². The fourth-order valence-electron chi connectivity index (χ4n) is 5.66. The Labute approximate surface area is 247 Å². The van der Waals surface area contributed by atoms with Gasteiger partial charge in [0.05, 0.1) is 19.6 Å². The molecule has 0 saturated carbocycles. The molecule has 7 nitrogen and oxygen atoms in total. The van der Waals surface area contributed by atoms with Crippen LogP contribution >= 0.6 is 0 Å². The van der Waals surface area contributed by atoms with Gasteiger partial charge < -0.3 is 14.6 Å². The third-order valence-corrected chi connectivity index (χ3v) is 7.94. The number of esters is 1. The number of hydrogen-bond acceptors (Lipinski definition) is 5. The Morgan fingerprint density at radius 2 is 1.74 bits per heavy atom. The lowest BCUT2D eigenvalue weighted by atomic mass is 9.92. The van der Waals surface area contributed by atoms with Gasteiger partial charge >= 0.3 is 5.97 Å². The number of aryl methyl sites for hydroxylation is 2. The van der Waals surface area contributed by atoms with E-state index in [2.05, 4.69) is 31.3 Å². The predicted molar refractivity (Wildman–Crippen MR) is 163 cm³/mol. The van der Waals surface area contributed by atoms with Crippen molar-refractivity contribution in [3.63, 3.8) is 0 Å². The Bertz CT molecular complexity index is 1440. The van der Waals surface area contributed by atoms with Crippen molar-refractivity contribution in [1.82, 2.24) is 14.8 Å². The number of amides is 1. The molecular formula is C34H42FN3O4. The van der Waals surface area contributed by atoms with Crippen LogP contribution in [0.3, 0.4) is 0 Å². The Balaban J connectivity index is 1.63. The van der Waals surface area contributed by atoms with Crippen LogP contribution < -0.4 is 10.9 Å². The fourth-order valence-corrected chi connectivity index (χ4v) is 5.66. The zero-order valence-corrected chi connectivity index (χ0v) is 25.2. The van der Waals surface area contributed by atoms with Gasteiger partial charge in [0, 0.05) is 31.9 Å². The first-order chi connectivity index (χ1) is 20.0. The van der Waals surface area contributed by atoms with Crippen molar-refractivity contribution in [3.8, 4) is 11.1 Å². The maximum absolute atomic E-state index is 13.9. The highest BCUT2D eigenvalue weighted by molar-refractivity contribution is 5.82. The van der Waals surface area contributed by atoms with Gasteiger partial charge in [-0.2, -0.15) is 0 Å². The fraction of sp³-hybridized carbons (Fsp3) is 0.441. The normalized spacial score (nSPS) is 15.2. The summed E-state index contributed by atoms with van der Waals surface area (Å²) in [6.07, 6.45) is 2.03. The summed E-state index contributed by atoms with van der Waals surface area (Å²) in [5.41, 5.74) is 5.80. The van der Waals surface area contributed by atoms with Gasteiger partial charge in [0.1, 0.15) is 12.2 Å². The highest BCUT2D eigenvalue weighted by Crippen LogP contribution is 2.30. The Hall–Kier alpha value is -3.78. The third-order valence-electron chi connectivity index (χ3n) is 7.94. The third kappa shape index (κ3) is 7.73. The zero-order valence-electron chi connectivity index (χ0n) is 25.2. The van der Waals surface area contributed by atoms with Crippen molar-refractivity contribution >= 4 is 11.9 Å². The Morgan fingerprint density at radius 3 is 2.38 bits per heavy atom. The number of nitrogens with zero attached hydrogens (tertiary/aromatic N) is 2. The summed E-state index contributed by atoms with van der Waals surface area (Å²) >= 11 is 0. The second-order valence-corrected chi connectivity index (χ2v) is 11.8. The molecule has 2 atom stereocenters. The molecule has 2 aromatic carbocycles. The van der Waals surface area contributed by atoms with Crippen LogP contribution in [0.4, 0.5) is 4.39 Å². The van der Waals surface area contributed by atoms with Gasteiger partial charge in [-0.25, -0.2) is 4.39 Å². The number of ether oxygens (including phenoxy) is 1. The van der Waals surface area contributed by atoms with Crippen molar-refractivity contribution in [1.29, 1.82) is 0 Å². The molecule has 1 N–H and O–H groups in total. The quantitative estimate of drug-likeness (QED) is 0.295. The van der Waals surface area contributed by atoms with E-state index in [9.17, 15) is 18.8 Å². The Kier molecular flexibility index (Phi) is 10.3. The van der Waals surface area contributed by atoms with Crippen molar-refractivity contribution in [3.05, 3.63) is 93.4 Å². The average molecular weight is 576 g/mol. The van der Waals surface area contributed by atoms with Gasteiger partial charge in [-0.3, -0.25) is 19.3 Å². The second kappa shape index (κ2) is 13.9. The summed E-state index contributed by atoms with van der Waals surface area (Å²) in [6, 6.07) is 15.8. The predicted octanol–water partition coefficient (Wildman–Crippen LogP) is 5.34.